The summed E-state index contributed by atoms with van der Waals surface area (Å²) in [5, 5.41) is 140. The van der Waals surface area contributed by atoms with E-state index >= 15 is 0 Å². The molecule has 0 aliphatic carbocycles. The average Bonchev–Trinajstić information content (AvgIpc) is 1.64. The second-order valence-corrected chi connectivity index (χ2v) is 29.5. The number of aromatic nitrogens is 15. The van der Waals surface area contributed by atoms with Gasteiger partial charge in [-0.3, -0.25) is 46.8 Å². The van der Waals surface area contributed by atoms with Crippen molar-refractivity contribution in [2.24, 2.45) is 0 Å². The molecule has 15 heterocycles. The van der Waals surface area contributed by atoms with E-state index in [4.69, 9.17) is 45.1 Å². The number of nitrogens with one attached hydrogen (secondary N) is 5. The van der Waals surface area contributed by atoms with Gasteiger partial charge in [-0.05, 0) is 96.5 Å². The molecule has 0 saturated carbocycles. The second-order valence-electron chi connectivity index (χ2n) is 27.1. The molecule has 5 saturated heterocycles. The maximum Gasteiger partial charge on any atom is 0.351 e. The highest BCUT2D eigenvalue weighted by Crippen LogP contribution is 2.42. The molecule has 0 bridgehead atoms. The minimum absolute atomic E-state index is 0.0394. The summed E-state index contributed by atoms with van der Waals surface area (Å²) in [5.41, 5.74) is -12.5. The van der Waals surface area contributed by atoms with Crippen molar-refractivity contribution in [1.82, 2.24) is 72.7 Å². The largest absolute Gasteiger partial charge is 0.394 e. The van der Waals surface area contributed by atoms with Crippen LogP contribution in [0.15, 0.2) is 126 Å². The molecular weight excluding hydrogens is 1710 g/mol. The first-order chi connectivity index (χ1) is 53.1. The van der Waals surface area contributed by atoms with Crippen LogP contribution in [0.3, 0.4) is 0 Å². The predicted molar refractivity (Wildman–Crippen MR) is 397 cm³/mol. The lowest BCUT2D eigenvalue weighted by atomic mass is 9.96. The Bertz CT molecular complexity index is 5570. The van der Waals surface area contributed by atoms with Gasteiger partial charge in [0.25, 0.3) is 16.7 Å². The monoisotopic (exact) mass is 1780 g/mol. The lowest BCUT2D eigenvalue weighted by Gasteiger charge is -2.27. The van der Waals surface area contributed by atoms with E-state index in [2.05, 4.69) is 65.8 Å². The molecule has 0 spiro atoms. The molecule has 5 fully saturated rings. The Morgan fingerprint density at radius 3 is 1.08 bits per heavy atom. The Kier molecular flexibility index (Phi) is 25.0. The topological polar surface area (TPSA) is 677 Å². The van der Waals surface area contributed by atoms with Crippen molar-refractivity contribution < 1.29 is 99.9 Å². The molecule has 5 aliphatic rings. The van der Waals surface area contributed by atoms with E-state index in [-0.39, 0.29) is 48.8 Å². The van der Waals surface area contributed by atoms with E-state index < -0.39 is 199 Å². The van der Waals surface area contributed by atoms with Crippen LogP contribution in [-0.4, -0.2) is 274 Å². The molecule has 0 aromatic carbocycles. The van der Waals surface area contributed by atoms with Crippen LogP contribution in [0.4, 0.5) is 0 Å². The van der Waals surface area contributed by atoms with Crippen molar-refractivity contribution in [1.29, 1.82) is 0 Å². The van der Waals surface area contributed by atoms with E-state index in [1.807, 2.05) is 22.6 Å². The SMILES string of the molecule is CO[C@@H]1[C@H](O)[C@@H](CO)O[C@H]1n1cc2ccc(=O)[nH]c2nc1=O.C[C@@]1(O)[C@H](O)[C@@H](CO)O[C@H]1n1cc2cc(Br)c(=O)[nH]c2nc1=O.C[C@@]1(O)[C@H](O)[C@@H](CO)O[C@H]1n1cc2cc(Cl)c(=O)[nH]c2nc1=O.C[C@@]1(O)[C@H](O)[C@@H](CO)O[C@H]1n1cc2cc(I)c(=O)[nH]c2nc1=O.C[C@@]1(O)[C@H](O)[C@@H](CO)O[C@H]1n1cc2ccc(=O)[nH]c2nc1=O. The van der Waals surface area contributed by atoms with Gasteiger partial charge in [0.1, 0.15) is 123 Å². The zero-order valence-electron chi connectivity index (χ0n) is 59.1. The van der Waals surface area contributed by atoms with Crippen LogP contribution in [0.5, 0.6) is 0 Å². The standard InChI is InChI=1S/C13H14BrN3O6.C13H14ClN3O6.C13H14IN3O6.2C13H15N3O6/c3*1-13(22)8(19)7(4-18)23-11(13)17-3-5-2-6(14)10(20)15-9(5)16-12(17)21;1-21-10-9(19)7(5-17)22-12(10)16-4-6-2-3-8(18)14-11(6)15-13(16)20;1-13(21)9(19)7(5-17)22-11(13)16-4-6-2-3-8(18)14-10(6)15-12(16)20/h3*2-3,7-8,11,18-19,22H,4H2,1H3,(H,15,16,20,21);2-4,7,9-10,12,17,19H,5H2,1H3,(H,14,15,18,20);2-4,7,9,11,17,19,21H,5H2,1H3,(H,14,15,18,20)/t3*7-,8-,11-,13-;7-,9-,10-,12-;7-,9-,11-,13-/m11111/s1. The van der Waals surface area contributed by atoms with Gasteiger partial charge in [0.2, 0.25) is 11.1 Å². The Morgan fingerprint density at radius 2 is 0.735 bits per heavy atom. The molecule has 10 aromatic heterocycles. The number of nitrogens with zero attached hydrogens (tertiary/aromatic N) is 10. The number of H-pyrrole nitrogens is 5. The van der Waals surface area contributed by atoms with E-state index in [9.17, 15) is 114 Å². The number of hydrogen-bond donors (Lipinski definition) is 19. The fourth-order valence-electron chi connectivity index (χ4n) is 13.0. The summed E-state index contributed by atoms with van der Waals surface area (Å²) >= 11 is 10.7. The van der Waals surface area contributed by atoms with Gasteiger partial charge in [0, 0.05) is 77.2 Å². The van der Waals surface area contributed by atoms with Crippen LogP contribution in [0.1, 0.15) is 58.8 Å². The highest BCUT2D eigenvalue weighted by atomic mass is 127. The highest BCUT2D eigenvalue weighted by molar-refractivity contribution is 14.1. The van der Waals surface area contributed by atoms with Crippen molar-refractivity contribution in [2.75, 3.05) is 40.1 Å². The van der Waals surface area contributed by atoms with Gasteiger partial charge < -0.3 is 125 Å². The first-order valence-corrected chi connectivity index (χ1v) is 35.7. The van der Waals surface area contributed by atoms with Gasteiger partial charge in [0.05, 0.1) is 41.1 Å². The number of aliphatic hydroxyl groups is 14. The maximum atomic E-state index is 12.2. The molecule has 15 rings (SSSR count). The number of ether oxygens (including phenoxy) is 6. The summed E-state index contributed by atoms with van der Waals surface area (Å²) in [5.74, 6) is 0. The second kappa shape index (κ2) is 33.2. The molecule has 608 valence electrons. The fraction of sp³-hybridized carbons (Fsp3) is 0.462. The molecule has 20 atom stereocenters. The van der Waals surface area contributed by atoms with Gasteiger partial charge >= 0.3 is 28.4 Å². The summed E-state index contributed by atoms with van der Waals surface area (Å²) in [6, 6.07) is 9.92. The zero-order chi connectivity index (χ0) is 82.7. The van der Waals surface area contributed by atoms with Crippen LogP contribution in [-0.2, 0) is 28.4 Å². The van der Waals surface area contributed by atoms with E-state index in [0.717, 1.165) is 18.3 Å². The maximum absolute atomic E-state index is 12.2. The molecule has 0 amide bonds. The van der Waals surface area contributed by atoms with Crippen molar-refractivity contribution >= 4 is 105 Å². The van der Waals surface area contributed by atoms with E-state index in [1.54, 1.807) is 6.07 Å². The Hall–Kier alpha value is -8.85. The van der Waals surface area contributed by atoms with Crippen LogP contribution in [0.2, 0.25) is 5.02 Å². The van der Waals surface area contributed by atoms with Crippen LogP contribution in [0, 0.1) is 3.57 Å². The minimum atomic E-state index is -1.82. The number of fused-ring (bicyclic) bond motifs is 5. The molecule has 0 unspecified atom stereocenters. The quantitative estimate of drug-likeness (QED) is 0.0535. The van der Waals surface area contributed by atoms with Crippen LogP contribution < -0.4 is 56.2 Å². The number of aliphatic hydroxyl groups excluding tert-OH is 10. The number of hydrogen-bond acceptors (Lipinski definition) is 35. The number of halogens is 3. The van der Waals surface area contributed by atoms with Gasteiger partial charge in [-0.15, -0.1) is 0 Å². The van der Waals surface area contributed by atoms with Crippen LogP contribution >= 0.6 is 50.1 Å². The molecule has 113 heavy (non-hydrogen) atoms. The molecule has 45 nitrogen and oxygen atoms in total. The van der Waals surface area contributed by atoms with Crippen molar-refractivity contribution in [3.8, 4) is 0 Å². The Balaban J connectivity index is 0.000000139. The predicted octanol–water partition coefficient (Wildman–Crippen LogP) is -7.28. The number of aromatic amines is 5. The molecule has 5 aliphatic heterocycles. The molecule has 48 heteroatoms. The Morgan fingerprint density at radius 1 is 0.434 bits per heavy atom. The van der Waals surface area contributed by atoms with Crippen LogP contribution in [0.25, 0.3) is 55.2 Å². The number of pyridine rings is 5. The van der Waals surface area contributed by atoms with Crippen molar-refractivity contribution in [3.05, 3.63) is 191 Å². The highest BCUT2D eigenvalue weighted by Gasteiger charge is 2.57. The van der Waals surface area contributed by atoms with Gasteiger partial charge in [-0.2, -0.15) is 24.9 Å². The van der Waals surface area contributed by atoms with Crippen molar-refractivity contribution in [3.63, 3.8) is 0 Å². The lowest BCUT2D eigenvalue weighted by molar-refractivity contribution is -0.0985. The zero-order valence-corrected chi connectivity index (χ0v) is 63.6. The summed E-state index contributed by atoms with van der Waals surface area (Å²) in [7, 11) is 1.38. The molecule has 19 N–H and O–H groups in total. The third kappa shape index (κ3) is 16.5. The minimum Gasteiger partial charge on any atom is -0.394 e. The lowest BCUT2D eigenvalue weighted by Crippen LogP contribution is -2.46. The number of methoxy groups -OCH3 is 1. The molecule has 10 aromatic rings. The van der Waals surface area contributed by atoms with Crippen molar-refractivity contribution in [2.45, 2.75) is 148 Å². The van der Waals surface area contributed by atoms with Gasteiger partial charge in [-0.1, -0.05) is 11.6 Å². The normalized spacial score (nSPS) is 30.6. The fourth-order valence-corrected chi connectivity index (χ4v) is 14.0. The third-order valence-electron chi connectivity index (χ3n) is 19.2. The molecule has 0 radical (unpaired) electrons. The smallest absolute Gasteiger partial charge is 0.351 e. The Labute approximate surface area is 653 Å². The first-order valence-electron chi connectivity index (χ1n) is 33.5. The van der Waals surface area contributed by atoms with E-state index in [0.29, 0.717) is 30.5 Å². The summed E-state index contributed by atoms with van der Waals surface area (Å²) in [6.45, 7) is 2.76. The summed E-state index contributed by atoms with van der Waals surface area (Å²) in [6.07, 6.45) is -11.3. The third-order valence-corrected chi connectivity index (χ3v) is 20.9. The average molecular weight is 1790 g/mol. The summed E-state index contributed by atoms with van der Waals surface area (Å²) in [4.78, 5) is 149. The molecular formula is C65H72BrClIN15O30. The number of rotatable bonds is 11. The van der Waals surface area contributed by atoms with Gasteiger partial charge in [0.15, 0.2) is 31.1 Å². The van der Waals surface area contributed by atoms with E-state index in [1.165, 1.54) is 107 Å². The summed E-state index contributed by atoms with van der Waals surface area (Å²) < 4.78 is 38.1. The van der Waals surface area contributed by atoms with Gasteiger partial charge in [-0.25, -0.2) is 24.0 Å². The first kappa shape index (κ1) is 85.0.